The van der Waals surface area contributed by atoms with Crippen LogP contribution in [0, 0.1) is 19.7 Å². The van der Waals surface area contributed by atoms with Gasteiger partial charge in [-0.15, -0.1) is 0 Å². The molecular formula is C27H25FN4OS. The van der Waals surface area contributed by atoms with Crippen molar-refractivity contribution < 1.29 is 9.13 Å². The van der Waals surface area contributed by atoms with Gasteiger partial charge >= 0.3 is 0 Å². The maximum Gasteiger partial charge on any atom is 0.174 e. The highest BCUT2D eigenvalue weighted by Gasteiger charge is 2.43. The average molecular weight is 473 g/mol. The first-order valence-electron chi connectivity index (χ1n) is 11.1. The van der Waals surface area contributed by atoms with E-state index < -0.39 is 0 Å². The van der Waals surface area contributed by atoms with Gasteiger partial charge in [-0.25, -0.2) is 4.39 Å². The van der Waals surface area contributed by atoms with E-state index in [-0.39, 0.29) is 17.9 Å². The predicted molar refractivity (Wildman–Crippen MR) is 136 cm³/mol. The molecule has 1 aliphatic heterocycles. The zero-order chi connectivity index (χ0) is 23.8. The lowest BCUT2D eigenvalue weighted by molar-refractivity contribution is 0.414. The van der Waals surface area contributed by atoms with Gasteiger partial charge in [-0.3, -0.25) is 4.98 Å². The fraction of sp³-hybridized carbons (Fsp3) is 0.185. The van der Waals surface area contributed by atoms with Crippen molar-refractivity contribution >= 4 is 23.0 Å². The van der Waals surface area contributed by atoms with Gasteiger partial charge in [-0.1, -0.05) is 30.3 Å². The first-order chi connectivity index (χ1) is 16.5. The SMILES string of the molecule is COc1ccccc1N1C(=S)NC(c2ccccn2)C1c1cc(C)n(-c2ccccc2F)c1C. The number of ether oxygens (including phenoxy) is 1. The van der Waals surface area contributed by atoms with E-state index in [9.17, 15) is 4.39 Å². The van der Waals surface area contributed by atoms with Gasteiger partial charge in [-0.2, -0.15) is 0 Å². The Labute approximate surface area is 203 Å². The maximum atomic E-state index is 14.8. The van der Waals surface area contributed by atoms with Crippen LogP contribution in [0.15, 0.2) is 79.0 Å². The third kappa shape index (κ3) is 3.62. The number of aryl methyl sites for hydroxylation is 1. The van der Waals surface area contributed by atoms with Gasteiger partial charge in [0.25, 0.3) is 0 Å². The Bertz CT molecular complexity index is 1350. The molecule has 2 aromatic carbocycles. The molecule has 2 aromatic heterocycles. The molecule has 1 aliphatic rings. The number of methoxy groups -OCH3 is 1. The Morgan fingerprint density at radius 2 is 1.68 bits per heavy atom. The van der Waals surface area contributed by atoms with Crippen molar-refractivity contribution in [2.75, 3.05) is 12.0 Å². The number of halogens is 1. The summed E-state index contributed by atoms with van der Waals surface area (Å²) in [7, 11) is 1.65. The summed E-state index contributed by atoms with van der Waals surface area (Å²) in [6.07, 6.45) is 1.78. The number of thiocarbonyl (C=S) groups is 1. The molecule has 1 saturated heterocycles. The number of hydrogen-bond acceptors (Lipinski definition) is 3. The van der Waals surface area contributed by atoms with Crippen LogP contribution in [0.3, 0.4) is 0 Å². The van der Waals surface area contributed by atoms with E-state index in [0.717, 1.165) is 34.1 Å². The Hall–Kier alpha value is -3.71. The molecule has 5 rings (SSSR count). The molecule has 4 aromatic rings. The fourth-order valence-corrected chi connectivity index (χ4v) is 5.19. The summed E-state index contributed by atoms with van der Waals surface area (Å²) in [4.78, 5) is 6.71. The molecule has 5 nitrogen and oxygen atoms in total. The summed E-state index contributed by atoms with van der Waals surface area (Å²) in [5, 5.41) is 4.07. The van der Waals surface area contributed by atoms with Crippen molar-refractivity contribution in [2.45, 2.75) is 25.9 Å². The van der Waals surface area contributed by atoms with E-state index in [2.05, 4.69) is 21.3 Å². The van der Waals surface area contributed by atoms with Crippen molar-refractivity contribution in [3.05, 3.63) is 107 Å². The number of para-hydroxylation sites is 3. The average Bonchev–Trinajstić information content (AvgIpc) is 3.35. The molecule has 0 radical (unpaired) electrons. The third-order valence-corrected chi connectivity index (χ3v) is 6.64. The quantitative estimate of drug-likeness (QED) is 0.371. The first-order valence-corrected chi connectivity index (χ1v) is 11.5. The monoisotopic (exact) mass is 472 g/mol. The Balaban J connectivity index is 1.72. The van der Waals surface area contributed by atoms with E-state index in [1.165, 1.54) is 6.07 Å². The first kappa shape index (κ1) is 22.1. The van der Waals surface area contributed by atoms with Crippen LogP contribution in [-0.4, -0.2) is 21.8 Å². The highest BCUT2D eigenvalue weighted by Crippen LogP contribution is 2.46. The van der Waals surface area contributed by atoms with Gasteiger partial charge < -0.3 is 19.5 Å². The molecule has 34 heavy (non-hydrogen) atoms. The van der Waals surface area contributed by atoms with E-state index in [0.29, 0.717) is 10.8 Å². The van der Waals surface area contributed by atoms with Crippen LogP contribution < -0.4 is 15.0 Å². The van der Waals surface area contributed by atoms with Crippen LogP contribution in [0.4, 0.5) is 10.1 Å². The summed E-state index contributed by atoms with van der Waals surface area (Å²) in [6.45, 7) is 4.01. The van der Waals surface area contributed by atoms with Crippen molar-refractivity contribution in [3.63, 3.8) is 0 Å². The molecule has 0 aliphatic carbocycles. The van der Waals surface area contributed by atoms with Gasteiger partial charge in [-0.05, 0) is 74.1 Å². The molecule has 7 heteroatoms. The summed E-state index contributed by atoms with van der Waals surface area (Å²) in [5.41, 5.74) is 5.19. The van der Waals surface area contributed by atoms with E-state index in [1.807, 2.05) is 66.9 Å². The lowest BCUT2D eigenvalue weighted by Gasteiger charge is -2.29. The van der Waals surface area contributed by atoms with E-state index in [4.69, 9.17) is 17.0 Å². The van der Waals surface area contributed by atoms with Crippen LogP contribution in [-0.2, 0) is 0 Å². The van der Waals surface area contributed by atoms with Gasteiger partial charge in [0.15, 0.2) is 5.11 Å². The van der Waals surface area contributed by atoms with E-state index >= 15 is 0 Å². The molecule has 1 fully saturated rings. The zero-order valence-electron chi connectivity index (χ0n) is 19.2. The highest BCUT2D eigenvalue weighted by molar-refractivity contribution is 7.80. The normalized spacial score (nSPS) is 17.6. The fourth-order valence-electron chi connectivity index (χ4n) is 4.85. The number of nitrogens with one attached hydrogen (secondary N) is 1. The lowest BCUT2D eigenvalue weighted by Crippen LogP contribution is -2.30. The molecule has 1 N–H and O–H groups in total. The molecule has 0 amide bonds. The molecule has 0 bridgehead atoms. The topological polar surface area (TPSA) is 42.3 Å². The Morgan fingerprint density at radius 3 is 2.38 bits per heavy atom. The van der Waals surface area contributed by atoms with Crippen molar-refractivity contribution in [3.8, 4) is 11.4 Å². The van der Waals surface area contributed by atoms with Crippen molar-refractivity contribution in [2.24, 2.45) is 0 Å². The minimum atomic E-state index is -0.265. The van der Waals surface area contributed by atoms with Gasteiger partial charge in [0.2, 0.25) is 0 Å². The molecule has 2 unspecified atom stereocenters. The second-order valence-electron chi connectivity index (χ2n) is 8.28. The molecule has 2 atom stereocenters. The van der Waals surface area contributed by atoms with Crippen molar-refractivity contribution in [1.82, 2.24) is 14.9 Å². The van der Waals surface area contributed by atoms with Crippen LogP contribution in [0.5, 0.6) is 5.75 Å². The van der Waals surface area contributed by atoms with Crippen LogP contribution in [0.25, 0.3) is 5.69 Å². The Morgan fingerprint density at radius 1 is 0.971 bits per heavy atom. The van der Waals surface area contributed by atoms with Gasteiger partial charge in [0.1, 0.15) is 11.6 Å². The summed E-state index contributed by atoms with van der Waals surface area (Å²) < 4.78 is 22.4. The molecule has 0 spiro atoms. The Kier molecular flexibility index (Phi) is 5.79. The van der Waals surface area contributed by atoms with Crippen LogP contribution in [0.2, 0.25) is 0 Å². The largest absolute Gasteiger partial charge is 0.495 e. The number of aromatic nitrogens is 2. The van der Waals surface area contributed by atoms with Crippen LogP contribution in [0.1, 0.15) is 34.7 Å². The minimum Gasteiger partial charge on any atom is -0.495 e. The smallest absolute Gasteiger partial charge is 0.174 e. The van der Waals surface area contributed by atoms with Gasteiger partial charge in [0.05, 0.1) is 36.3 Å². The molecule has 0 saturated carbocycles. The molecule has 3 heterocycles. The number of pyridine rings is 1. The second kappa shape index (κ2) is 8.91. The summed E-state index contributed by atoms with van der Waals surface area (Å²) in [6, 6.07) is 22.2. The molecule has 172 valence electrons. The van der Waals surface area contributed by atoms with Crippen molar-refractivity contribution in [1.29, 1.82) is 0 Å². The summed E-state index contributed by atoms with van der Waals surface area (Å²) in [5.74, 6) is 0.458. The van der Waals surface area contributed by atoms with Gasteiger partial charge in [0, 0.05) is 17.6 Å². The third-order valence-electron chi connectivity index (χ3n) is 6.33. The number of benzene rings is 2. The van der Waals surface area contributed by atoms with Crippen LogP contribution >= 0.6 is 12.2 Å². The number of hydrogen-bond donors (Lipinski definition) is 1. The minimum absolute atomic E-state index is 0.201. The maximum absolute atomic E-state index is 14.8. The number of nitrogens with zero attached hydrogens (tertiary/aromatic N) is 3. The molecular weight excluding hydrogens is 447 g/mol. The summed E-state index contributed by atoms with van der Waals surface area (Å²) >= 11 is 5.85. The number of anilines is 1. The number of rotatable bonds is 5. The zero-order valence-corrected chi connectivity index (χ0v) is 20.0. The highest BCUT2D eigenvalue weighted by atomic mass is 32.1. The lowest BCUT2D eigenvalue weighted by atomic mass is 9.96. The second-order valence-corrected chi connectivity index (χ2v) is 8.67. The predicted octanol–water partition coefficient (Wildman–Crippen LogP) is 5.81. The van der Waals surface area contributed by atoms with E-state index in [1.54, 1.807) is 25.4 Å². The standard InChI is InChI=1S/C27H25FN4OS/c1-17-16-19(18(2)31(17)22-12-5-4-10-20(22)28)26-25(21-11-8-9-15-29-21)30-27(34)32(26)23-13-6-7-14-24(23)33-3/h4-16,25-26H,1-3H3,(H,30,34).